The largest absolute Gasteiger partial charge is 0.455 e. The molecular weight excluding hydrogens is 377 g/mol. The Bertz CT molecular complexity index is 1030. The number of hydrazone groups is 1. The number of hydrogen-bond donors (Lipinski definition) is 1. The number of nitrogens with one attached hydrogen (secondary N) is 1. The fraction of sp³-hybridized carbons (Fsp3) is 0.111. The zero-order valence-corrected chi connectivity index (χ0v) is 14.4. The average Bonchev–Trinajstić information content (AvgIpc) is 3.10. The van der Waals surface area contributed by atoms with Crippen molar-refractivity contribution < 1.29 is 22.5 Å². The second-order valence-corrected chi connectivity index (χ2v) is 5.76. The first-order chi connectivity index (χ1) is 13.2. The smallest absolute Gasteiger partial charge is 0.417 e. The van der Waals surface area contributed by atoms with Gasteiger partial charge in [-0.1, -0.05) is 12.1 Å². The molecule has 0 aliphatic carbocycles. The number of halogens is 3. The summed E-state index contributed by atoms with van der Waals surface area (Å²) < 4.78 is 43.0. The molecule has 144 valence electrons. The molecule has 1 aromatic carbocycles. The van der Waals surface area contributed by atoms with E-state index in [4.69, 9.17) is 4.42 Å². The summed E-state index contributed by atoms with van der Waals surface area (Å²) in [5.74, 6) is 0.889. The zero-order chi connectivity index (χ0) is 20.3. The van der Waals surface area contributed by atoms with Crippen molar-refractivity contribution in [3.63, 3.8) is 0 Å². The van der Waals surface area contributed by atoms with Crippen molar-refractivity contribution in [2.24, 2.45) is 5.10 Å². The molecule has 3 rings (SSSR count). The Labute approximate surface area is 156 Å². The molecule has 10 heteroatoms. The Morgan fingerprint density at radius 2 is 2.00 bits per heavy atom. The molecule has 2 aromatic heterocycles. The highest BCUT2D eigenvalue weighted by molar-refractivity contribution is 5.78. The molecule has 1 N–H and O–H groups in total. The number of nitrogens with zero attached hydrogens (tertiary/aromatic N) is 3. The molecule has 3 aromatic rings. The third-order valence-electron chi connectivity index (χ3n) is 3.78. The fourth-order valence-corrected chi connectivity index (χ4v) is 2.33. The van der Waals surface area contributed by atoms with Crippen LogP contribution in [0, 0.1) is 17.0 Å². The number of furan rings is 1. The summed E-state index contributed by atoms with van der Waals surface area (Å²) in [6, 6.07) is 10.0. The van der Waals surface area contributed by atoms with Crippen molar-refractivity contribution in [1.82, 2.24) is 4.98 Å². The van der Waals surface area contributed by atoms with Crippen molar-refractivity contribution in [1.29, 1.82) is 0 Å². The van der Waals surface area contributed by atoms with Crippen LogP contribution >= 0.6 is 0 Å². The van der Waals surface area contributed by atoms with Gasteiger partial charge in [0.2, 0.25) is 0 Å². The van der Waals surface area contributed by atoms with E-state index in [2.05, 4.69) is 15.5 Å². The summed E-state index contributed by atoms with van der Waals surface area (Å²) in [6.07, 6.45) is -2.44. The maximum Gasteiger partial charge on any atom is 0.417 e. The Hall–Kier alpha value is -3.69. The van der Waals surface area contributed by atoms with E-state index < -0.39 is 16.7 Å². The van der Waals surface area contributed by atoms with Crippen molar-refractivity contribution in [2.75, 3.05) is 5.43 Å². The van der Waals surface area contributed by atoms with Crippen LogP contribution in [0.3, 0.4) is 0 Å². The number of aryl methyl sites for hydroxylation is 1. The standard InChI is InChI=1S/C18H13F3N4O3/c1-11-2-3-12(8-15(11)25(26)27)16-6-5-14(28-16)10-23-24-17-7-4-13(9-22-17)18(19,20)21/h2-10H,1H3,(H,22,24)/b23-10-. The van der Waals surface area contributed by atoms with Gasteiger partial charge in [0.05, 0.1) is 16.7 Å². The Kier molecular flexibility index (Phi) is 5.12. The van der Waals surface area contributed by atoms with E-state index in [1.54, 1.807) is 31.2 Å². The number of rotatable bonds is 5. The first-order valence-corrected chi connectivity index (χ1v) is 7.91. The molecule has 0 radical (unpaired) electrons. The van der Waals surface area contributed by atoms with Gasteiger partial charge in [-0.15, -0.1) is 0 Å². The van der Waals surface area contributed by atoms with Gasteiger partial charge in [-0.2, -0.15) is 18.3 Å². The summed E-state index contributed by atoms with van der Waals surface area (Å²) in [6.45, 7) is 1.64. The molecule has 0 aliphatic heterocycles. The van der Waals surface area contributed by atoms with Gasteiger partial charge in [-0.3, -0.25) is 15.5 Å². The molecule has 2 heterocycles. The van der Waals surface area contributed by atoms with Gasteiger partial charge in [0.25, 0.3) is 5.69 Å². The summed E-state index contributed by atoms with van der Waals surface area (Å²) in [7, 11) is 0. The lowest BCUT2D eigenvalue weighted by Crippen LogP contribution is -2.05. The van der Waals surface area contributed by atoms with E-state index in [0.29, 0.717) is 28.8 Å². The lowest BCUT2D eigenvalue weighted by atomic mass is 10.1. The van der Waals surface area contributed by atoms with Crippen LogP contribution in [-0.4, -0.2) is 16.1 Å². The summed E-state index contributed by atoms with van der Waals surface area (Å²) in [5.41, 5.74) is 2.70. The van der Waals surface area contributed by atoms with Crippen LogP contribution in [0.2, 0.25) is 0 Å². The topological polar surface area (TPSA) is 93.6 Å². The fourth-order valence-electron chi connectivity index (χ4n) is 2.33. The third-order valence-corrected chi connectivity index (χ3v) is 3.78. The Balaban J connectivity index is 1.69. The van der Waals surface area contributed by atoms with Crippen LogP contribution in [-0.2, 0) is 6.18 Å². The van der Waals surface area contributed by atoms with Gasteiger partial charge in [0.1, 0.15) is 17.3 Å². The summed E-state index contributed by atoms with van der Waals surface area (Å²) in [4.78, 5) is 14.2. The molecular formula is C18H13F3N4O3. The number of aromatic nitrogens is 1. The van der Waals surface area contributed by atoms with Gasteiger partial charge in [0, 0.05) is 23.4 Å². The van der Waals surface area contributed by atoms with Crippen molar-refractivity contribution in [3.8, 4) is 11.3 Å². The van der Waals surface area contributed by atoms with E-state index >= 15 is 0 Å². The number of anilines is 1. The molecule has 0 fully saturated rings. The number of nitro benzene ring substituents is 1. The normalized spacial score (nSPS) is 11.7. The average molecular weight is 390 g/mol. The van der Waals surface area contributed by atoms with Gasteiger partial charge in [0.15, 0.2) is 0 Å². The number of pyridine rings is 1. The molecule has 0 amide bonds. The van der Waals surface area contributed by atoms with Gasteiger partial charge in [-0.05, 0) is 31.2 Å². The minimum absolute atomic E-state index is 0.0147. The van der Waals surface area contributed by atoms with Crippen LogP contribution in [0.1, 0.15) is 16.9 Å². The van der Waals surface area contributed by atoms with Gasteiger partial charge >= 0.3 is 6.18 Å². The van der Waals surface area contributed by atoms with Gasteiger partial charge in [-0.25, -0.2) is 4.98 Å². The number of nitro groups is 1. The minimum atomic E-state index is -4.45. The quantitative estimate of drug-likeness (QED) is 0.375. The first-order valence-electron chi connectivity index (χ1n) is 7.91. The predicted octanol–water partition coefficient (Wildman–Crippen LogP) is 5.02. The van der Waals surface area contributed by atoms with Crippen molar-refractivity contribution >= 4 is 17.7 Å². The minimum Gasteiger partial charge on any atom is -0.455 e. The van der Waals surface area contributed by atoms with E-state index in [-0.39, 0.29) is 11.5 Å². The Morgan fingerprint density at radius 3 is 2.64 bits per heavy atom. The zero-order valence-electron chi connectivity index (χ0n) is 14.4. The van der Waals surface area contributed by atoms with E-state index in [1.165, 1.54) is 12.3 Å². The third kappa shape index (κ3) is 4.34. The maximum atomic E-state index is 12.5. The first kappa shape index (κ1) is 19.1. The van der Waals surface area contributed by atoms with E-state index in [0.717, 1.165) is 12.1 Å². The van der Waals surface area contributed by atoms with Crippen molar-refractivity contribution in [2.45, 2.75) is 13.1 Å². The highest BCUT2D eigenvalue weighted by Gasteiger charge is 2.30. The van der Waals surface area contributed by atoms with E-state index in [9.17, 15) is 23.3 Å². The summed E-state index contributed by atoms with van der Waals surface area (Å²) >= 11 is 0. The van der Waals surface area contributed by atoms with Crippen LogP contribution in [0.4, 0.5) is 24.7 Å². The molecule has 0 bridgehead atoms. The molecule has 0 saturated heterocycles. The maximum absolute atomic E-state index is 12.5. The second-order valence-electron chi connectivity index (χ2n) is 5.76. The highest BCUT2D eigenvalue weighted by atomic mass is 19.4. The SMILES string of the molecule is Cc1ccc(-c2ccc(/C=N\Nc3ccc(C(F)(F)F)cn3)o2)cc1[N+](=O)[O-]. The second kappa shape index (κ2) is 7.51. The molecule has 0 unspecified atom stereocenters. The lowest BCUT2D eigenvalue weighted by molar-refractivity contribution is -0.385. The molecule has 0 saturated carbocycles. The number of benzene rings is 1. The van der Waals surface area contributed by atoms with Crippen LogP contribution in [0.5, 0.6) is 0 Å². The molecule has 0 aliphatic rings. The van der Waals surface area contributed by atoms with Gasteiger partial charge < -0.3 is 4.42 Å². The summed E-state index contributed by atoms with van der Waals surface area (Å²) in [5, 5.41) is 14.9. The highest BCUT2D eigenvalue weighted by Crippen LogP contribution is 2.29. The molecule has 0 atom stereocenters. The molecule has 28 heavy (non-hydrogen) atoms. The van der Waals surface area contributed by atoms with E-state index in [1.807, 2.05) is 0 Å². The van der Waals surface area contributed by atoms with Crippen molar-refractivity contribution in [3.05, 3.63) is 75.7 Å². The monoisotopic (exact) mass is 390 g/mol. The number of hydrogen-bond acceptors (Lipinski definition) is 6. The Morgan fingerprint density at radius 1 is 1.21 bits per heavy atom. The molecule has 0 spiro atoms. The lowest BCUT2D eigenvalue weighted by Gasteiger charge is -2.06. The molecule has 7 nitrogen and oxygen atoms in total. The van der Waals surface area contributed by atoms with Crippen LogP contribution in [0.15, 0.2) is 58.2 Å². The number of alkyl halides is 3. The van der Waals surface area contributed by atoms with Crippen LogP contribution in [0.25, 0.3) is 11.3 Å². The van der Waals surface area contributed by atoms with Crippen LogP contribution < -0.4 is 5.43 Å². The predicted molar refractivity (Wildman–Crippen MR) is 96.0 cm³/mol.